The van der Waals surface area contributed by atoms with Crippen molar-refractivity contribution in [2.45, 2.75) is 167 Å². The fourth-order valence-corrected chi connectivity index (χ4v) is 6.06. The Balaban J connectivity index is 4.56. The third-order valence-electron chi connectivity index (χ3n) is 8.69. The summed E-state index contributed by atoms with van der Waals surface area (Å²) >= 11 is 0. The van der Waals surface area contributed by atoms with Crippen LogP contribution >= 0.6 is 7.82 Å². The Morgan fingerprint density at radius 1 is 0.667 bits per heavy atom. The normalized spacial score (nSPS) is 14.7. The largest absolute Gasteiger partial charge is 0.472 e. The van der Waals surface area contributed by atoms with Crippen LogP contribution in [0.25, 0.3) is 0 Å². The summed E-state index contributed by atoms with van der Waals surface area (Å²) in [5.41, 5.74) is 0. The number of phosphoric ester groups is 1. The van der Waals surface area contributed by atoms with Crippen molar-refractivity contribution in [1.82, 2.24) is 0 Å². The topological polar surface area (TPSA) is 129 Å². The third kappa shape index (κ3) is 38.2. The minimum atomic E-state index is -4.40. The summed E-state index contributed by atoms with van der Waals surface area (Å²) in [4.78, 5) is 35.2. The third-order valence-corrected chi connectivity index (χ3v) is 9.68. The lowest BCUT2D eigenvalue weighted by atomic mass is 10.0. The summed E-state index contributed by atoms with van der Waals surface area (Å²) in [6.45, 7) is 4.22. The molecule has 0 amide bonds. The molecule has 0 saturated heterocycles. The minimum Gasteiger partial charge on any atom is -0.462 e. The second kappa shape index (κ2) is 35.4. The molecule has 0 rings (SSSR count). The Labute approximate surface area is 329 Å². The zero-order chi connectivity index (χ0) is 40.2. The maximum atomic E-state index is 12.6. The number of esters is 2. The molecule has 314 valence electrons. The number of carbonyl (C=O) groups excluding carboxylic acids is 2. The van der Waals surface area contributed by atoms with Crippen LogP contribution in [0.4, 0.5) is 0 Å². The molecule has 0 spiro atoms. The van der Waals surface area contributed by atoms with Crippen LogP contribution in [0.15, 0.2) is 48.6 Å². The van der Waals surface area contributed by atoms with Gasteiger partial charge in [-0.25, -0.2) is 4.57 Å². The Hall–Kier alpha value is -2.07. The molecule has 0 fully saturated rings. The number of allylic oxidation sites excluding steroid dienone is 6. The van der Waals surface area contributed by atoms with Gasteiger partial charge in [-0.15, -0.1) is 0 Å². The Morgan fingerprint density at radius 3 is 1.89 bits per heavy atom. The van der Waals surface area contributed by atoms with Crippen molar-refractivity contribution < 1.29 is 47.2 Å². The van der Waals surface area contributed by atoms with E-state index >= 15 is 0 Å². The van der Waals surface area contributed by atoms with Gasteiger partial charge in [-0.3, -0.25) is 18.6 Å². The van der Waals surface area contributed by atoms with Crippen molar-refractivity contribution in [2.75, 3.05) is 47.5 Å². The van der Waals surface area contributed by atoms with E-state index in [4.69, 9.17) is 18.5 Å². The number of aliphatic hydroxyl groups excluding tert-OH is 1. The lowest BCUT2D eigenvalue weighted by molar-refractivity contribution is -0.870. The van der Waals surface area contributed by atoms with Crippen molar-refractivity contribution in [2.24, 2.45) is 0 Å². The highest BCUT2D eigenvalue weighted by atomic mass is 31.2. The van der Waals surface area contributed by atoms with E-state index < -0.39 is 38.6 Å². The van der Waals surface area contributed by atoms with Gasteiger partial charge in [0.25, 0.3) is 0 Å². The van der Waals surface area contributed by atoms with Gasteiger partial charge in [-0.2, -0.15) is 0 Å². The van der Waals surface area contributed by atoms with Gasteiger partial charge in [0.15, 0.2) is 6.10 Å². The number of hydrogen-bond acceptors (Lipinski definition) is 8. The van der Waals surface area contributed by atoms with Crippen molar-refractivity contribution >= 4 is 19.8 Å². The molecule has 0 aromatic rings. The fraction of sp³-hybridized carbons (Fsp3) is 0.767. The molecule has 0 aromatic carbocycles. The zero-order valence-electron chi connectivity index (χ0n) is 34.8. The lowest BCUT2D eigenvalue weighted by Crippen LogP contribution is -2.37. The SMILES string of the molecule is CCCCC/C=C\C=C/[C@H](O)C/C=C\C/C=C/CCCC(=O)O[C@H](COC(=O)CCCCCCCCCCCCCC)COP(=O)(O)OCC[N+](C)(C)C. The Bertz CT molecular complexity index is 1080. The van der Waals surface area contributed by atoms with Gasteiger partial charge >= 0.3 is 19.8 Å². The number of nitrogens with zero attached hydrogens (tertiary/aromatic N) is 1. The van der Waals surface area contributed by atoms with Crippen LogP contribution < -0.4 is 0 Å². The first kappa shape index (κ1) is 51.9. The summed E-state index contributed by atoms with van der Waals surface area (Å²) in [6.07, 6.45) is 36.2. The molecule has 0 aliphatic heterocycles. The number of likely N-dealkylation sites (N-methyl/N-ethyl adjacent to an activating group) is 1. The average molecular weight is 785 g/mol. The number of quaternary nitrogens is 1. The van der Waals surface area contributed by atoms with Crippen LogP contribution in [-0.2, 0) is 32.7 Å². The number of rotatable bonds is 37. The molecule has 3 atom stereocenters. The van der Waals surface area contributed by atoms with Gasteiger partial charge < -0.3 is 24.0 Å². The molecule has 0 aromatic heterocycles. The second-order valence-corrected chi connectivity index (χ2v) is 16.7. The first-order valence-electron chi connectivity index (χ1n) is 21.0. The molecule has 0 aliphatic carbocycles. The number of phosphoric acid groups is 1. The van der Waals surface area contributed by atoms with E-state index in [-0.39, 0.29) is 26.1 Å². The van der Waals surface area contributed by atoms with Gasteiger partial charge in [0.05, 0.1) is 33.9 Å². The molecule has 0 aliphatic rings. The van der Waals surface area contributed by atoms with Gasteiger partial charge in [-0.05, 0) is 44.9 Å². The molecule has 0 bridgehead atoms. The van der Waals surface area contributed by atoms with E-state index in [9.17, 15) is 24.2 Å². The van der Waals surface area contributed by atoms with E-state index in [0.29, 0.717) is 30.3 Å². The maximum Gasteiger partial charge on any atom is 0.472 e. The molecule has 0 saturated carbocycles. The predicted octanol–water partition coefficient (Wildman–Crippen LogP) is 10.5. The van der Waals surface area contributed by atoms with Crippen molar-refractivity contribution in [3.05, 3.63) is 48.6 Å². The summed E-state index contributed by atoms with van der Waals surface area (Å²) < 4.78 is 34.1. The van der Waals surface area contributed by atoms with E-state index in [2.05, 4.69) is 19.9 Å². The number of unbranched alkanes of at least 4 members (excludes halogenated alkanes) is 15. The predicted molar refractivity (Wildman–Crippen MR) is 221 cm³/mol. The summed E-state index contributed by atoms with van der Waals surface area (Å²) in [6, 6.07) is 0. The highest BCUT2D eigenvalue weighted by Crippen LogP contribution is 2.43. The van der Waals surface area contributed by atoms with Crippen LogP contribution in [0.2, 0.25) is 0 Å². The molecule has 1 unspecified atom stereocenters. The fourth-order valence-electron chi connectivity index (χ4n) is 5.32. The minimum absolute atomic E-state index is 0.00942. The smallest absolute Gasteiger partial charge is 0.462 e. The lowest BCUT2D eigenvalue weighted by Gasteiger charge is -2.24. The van der Waals surface area contributed by atoms with Gasteiger partial charge in [0, 0.05) is 12.8 Å². The molecule has 10 nitrogen and oxygen atoms in total. The molecule has 11 heteroatoms. The van der Waals surface area contributed by atoms with Crippen LogP contribution in [0.1, 0.15) is 155 Å². The molecule has 54 heavy (non-hydrogen) atoms. The molecular formula is C43H79NO9P+. The van der Waals surface area contributed by atoms with Crippen LogP contribution in [0.5, 0.6) is 0 Å². The van der Waals surface area contributed by atoms with Crippen molar-refractivity contribution in [3.8, 4) is 0 Å². The number of ether oxygens (including phenoxy) is 2. The molecule has 0 radical (unpaired) electrons. The molecular weight excluding hydrogens is 705 g/mol. The Morgan fingerprint density at radius 2 is 1.24 bits per heavy atom. The standard InChI is InChI=1S/C43H78NO9P/c1-6-8-10-12-14-15-16-17-18-22-26-30-34-42(46)50-38-41(39-52-54(48,49)51-37-36-44(3,4)5)53-43(47)35-31-27-23-19-21-25-29-33-40(45)32-28-24-20-13-11-9-7-2/h19-20,23-25,28-29,32,40-41,45H,6-18,21-22,26-27,30-31,33-39H2,1-5H3/p+1/b23-19+,24-20-,29-25-,32-28-/t40-,41+/m0/s1. The number of aliphatic hydroxyl groups is 1. The summed E-state index contributed by atoms with van der Waals surface area (Å²) in [7, 11) is 1.40. The van der Waals surface area contributed by atoms with E-state index in [1.807, 2.05) is 57.6 Å². The average Bonchev–Trinajstić information content (AvgIpc) is 3.11. The van der Waals surface area contributed by atoms with Crippen LogP contribution in [-0.4, -0.2) is 86.1 Å². The Kier molecular flexibility index (Phi) is 34.0. The molecule has 2 N–H and O–H groups in total. The number of carbonyl (C=O) groups is 2. The summed E-state index contributed by atoms with van der Waals surface area (Å²) in [5.74, 6) is -0.907. The number of hydrogen-bond donors (Lipinski definition) is 2. The van der Waals surface area contributed by atoms with Gasteiger partial charge in [0.1, 0.15) is 19.8 Å². The zero-order valence-corrected chi connectivity index (χ0v) is 35.7. The van der Waals surface area contributed by atoms with E-state index in [1.165, 1.54) is 77.0 Å². The van der Waals surface area contributed by atoms with Crippen LogP contribution in [0.3, 0.4) is 0 Å². The first-order valence-corrected chi connectivity index (χ1v) is 22.5. The van der Waals surface area contributed by atoms with E-state index in [0.717, 1.165) is 32.1 Å². The molecule has 0 heterocycles. The van der Waals surface area contributed by atoms with Crippen molar-refractivity contribution in [3.63, 3.8) is 0 Å². The van der Waals surface area contributed by atoms with Crippen LogP contribution in [0, 0.1) is 0 Å². The highest BCUT2D eigenvalue weighted by Gasteiger charge is 2.27. The van der Waals surface area contributed by atoms with Gasteiger partial charge in [-0.1, -0.05) is 146 Å². The highest BCUT2D eigenvalue weighted by molar-refractivity contribution is 7.47. The van der Waals surface area contributed by atoms with Crippen molar-refractivity contribution in [1.29, 1.82) is 0 Å². The van der Waals surface area contributed by atoms with E-state index in [1.54, 1.807) is 6.08 Å². The monoisotopic (exact) mass is 785 g/mol. The first-order chi connectivity index (χ1) is 25.9. The maximum absolute atomic E-state index is 12.6. The summed E-state index contributed by atoms with van der Waals surface area (Å²) in [5, 5.41) is 10.1. The second-order valence-electron chi connectivity index (χ2n) is 15.2. The quantitative estimate of drug-likeness (QED) is 0.0158. The van der Waals surface area contributed by atoms with Gasteiger partial charge in [0.2, 0.25) is 0 Å².